The van der Waals surface area contributed by atoms with Gasteiger partial charge in [0.15, 0.2) is 17.8 Å². The summed E-state index contributed by atoms with van der Waals surface area (Å²) in [5.74, 6) is 2.14. The summed E-state index contributed by atoms with van der Waals surface area (Å²) >= 11 is 0. The summed E-state index contributed by atoms with van der Waals surface area (Å²) in [5.41, 5.74) is 2.96. The molecule has 0 unspecified atom stereocenters. The third-order valence-corrected chi connectivity index (χ3v) is 6.97. The van der Waals surface area contributed by atoms with E-state index >= 15 is 0 Å². The van der Waals surface area contributed by atoms with Crippen molar-refractivity contribution < 1.29 is 14.3 Å². The van der Waals surface area contributed by atoms with Gasteiger partial charge in [-0.3, -0.25) is 9.78 Å². The van der Waals surface area contributed by atoms with Crippen molar-refractivity contribution in [1.82, 2.24) is 4.98 Å². The fourth-order valence-corrected chi connectivity index (χ4v) is 4.63. The van der Waals surface area contributed by atoms with Crippen molar-refractivity contribution in [2.24, 2.45) is 0 Å². The van der Waals surface area contributed by atoms with Gasteiger partial charge < -0.3 is 9.47 Å². The van der Waals surface area contributed by atoms with Gasteiger partial charge in [0.05, 0.1) is 12.4 Å². The first-order valence-electron chi connectivity index (χ1n) is 14.7. The lowest BCUT2D eigenvalue weighted by atomic mass is 10.0. The molecular weight excluding hydrogens is 470 g/mol. The Hall–Kier alpha value is -3.14. The Morgan fingerprint density at radius 3 is 1.37 bits per heavy atom. The largest absolute Gasteiger partial charge is 0.455 e. The number of hydrogen-bond acceptors (Lipinski definition) is 4. The number of aldehydes is 1. The van der Waals surface area contributed by atoms with Gasteiger partial charge in [-0.15, -0.1) is 0 Å². The second kappa shape index (κ2) is 17.4. The van der Waals surface area contributed by atoms with Gasteiger partial charge >= 0.3 is 0 Å². The average Bonchev–Trinajstić information content (AvgIpc) is 2.94. The highest BCUT2D eigenvalue weighted by Gasteiger charge is 2.13. The quantitative estimate of drug-likeness (QED) is 0.118. The number of benzene rings is 2. The zero-order valence-electron chi connectivity index (χ0n) is 23.4. The van der Waals surface area contributed by atoms with Crippen molar-refractivity contribution in [2.75, 3.05) is 0 Å². The van der Waals surface area contributed by atoms with E-state index < -0.39 is 0 Å². The van der Waals surface area contributed by atoms with Crippen molar-refractivity contribution in [3.8, 4) is 23.0 Å². The van der Waals surface area contributed by atoms with Crippen molar-refractivity contribution in [3.63, 3.8) is 0 Å². The van der Waals surface area contributed by atoms with Crippen LogP contribution in [0.2, 0.25) is 0 Å². The molecule has 0 N–H and O–H groups in total. The Morgan fingerprint density at radius 1 is 0.579 bits per heavy atom. The Kier molecular flexibility index (Phi) is 13.5. The summed E-state index contributed by atoms with van der Waals surface area (Å²) in [6.45, 7) is 4.49. The second-order valence-electron chi connectivity index (χ2n) is 10.2. The van der Waals surface area contributed by atoms with Gasteiger partial charge in [0.2, 0.25) is 0 Å². The second-order valence-corrected chi connectivity index (χ2v) is 10.2. The van der Waals surface area contributed by atoms with Crippen LogP contribution >= 0.6 is 0 Å². The van der Waals surface area contributed by atoms with Gasteiger partial charge in [-0.25, -0.2) is 0 Å². The van der Waals surface area contributed by atoms with Crippen LogP contribution in [0.1, 0.15) is 112 Å². The van der Waals surface area contributed by atoms with Crippen molar-refractivity contribution >= 4 is 6.29 Å². The molecule has 4 nitrogen and oxygen atoms in total. The predicted octanol–water partition coefficient (Wildman–Crippen LogP) is 10.3. The maximum atomic E-state index is 12.0. The topological polar surface area (TPSA) is 48.4 Å². The first-order valence-corrected chi connectivity index (χ1v) is 14.7. The van der Waals surface area contributed by atoms with Gasteiger partial charge in [0.25, 0.3) is 0 Å². The van der Waals surface area contributed by atoms with E-state index in [4.69, 9.17) is 9.47 Å². The van der Waals surface area contributed by atoms with E-state index in [1.165, 1.54) is 88.2 Å². The minimum Gasteiger partial charge on any atom is -0.455 e. The van der Waals surface area contributed by atoms with E-state index in [1.54, 1.807) is 12.4 Å². The molecule has 2 aromatic carbocycles. The molecule has 3 rings (SSSR count). The van der Waals surface area contributed by atoms with Crippen molar-refractivity contribution in [2.45, 2.75) is 104 Å². The van der Waals surface area contributed by atoms with Crippen LogP contribution in [0.25, 0.3) is 0 Å². The summed E-state index contributed by atoms with van der Waals surface area (Å²) in [6, 6.07) is 16.2. The highest BCUT2D eigenvalue weighted by molar-refractivity contribution is 5.83. The molecule has 1 heterocycles. The van der Waals surface area contributed by atoms with Gasteiger partial charge in [-0.1, -0.05) is 102 Å². The minimum absolute atomic E-state index is 0.354. The molecule has 0 amide bonds. The monoisotopic (exact) mass is 515 g/mol. The maximum Gasteiger partial charge on any atom is 0.159 e. The molecule has 0 radical (unpaired) electrons. The summed E-state index contributed by atoms with van der Waals surface area (Å²) in [5, 5.41) is 0. The lowest BCUT2D eigenvalue weighted by Gasteiger charge is -2.13. The Balaban J connectivity index is 1.52. The van der Waals surface area contributed by atoms with Crippen LogP contribution in [-0.4, -0.2) is 11.3 Å². The fraction of sp³-hybridized carbons (Fsp3) is 0.471. The van der Waals surface area contributed by atoms with Crippen molar-refractivity contribution in [3.05, 3.63) is 77.6 Å². The molecule has 0 spiro atoms. The van der Waals surface area contributed by atoms with E-state index in [0.29, 0.717) is 28.6 Å². The van der Waals surface area contributed by atoms with E-state index in [-0.39, 0.29) is 0 Å². The number of carbonyl (C=O) groups excluding carboxylic acids is 1. The van der Waals surface area contributed by atoms with E-state index in [1.807, 2.05) is 24.3 Å². The molecule has 0 saturated heterocycles. The maximum absolute atomic E-state index is 12.0. The summed E-state index contributed by atoms with van der Waals surface area (Å²) in [4.78, 5) is 16.2. The molecule has 3 aromatic rings. The smallest absolute Gasteiger partial charge is 0.159 e. The van der Waals surface area contributed by atoms with Gasteiger partial charge in [-0.2, -0.15) is 0 Å². The molecule has 0 aliphatic carbocycles. The van der Waals surface area contributed by atoms with Crippen LogP contribution in [0.3, 0.4) is 0 Å². The Bertz CT molecular complexity index is 980. The number of rotatable bonds is 19. The first-order chi connectivity index (χ1) is 18.7. The molecular formula is C34H45NO3. The number of ether oxygens (including phenoxy) is 2. The number of hydrogen-bond donors (Lipinski definition) is 0. The first kappa shape index (κ1) is 29.4. The Morgan fingerprint density at radius 2 is 0.974 bits per heavy atom. The van der Waals surface area contributed by atoms with Crippen LogP contribution in [0, 0.1) is 0 Å². The van der Waals surface area contributed by atoms with Crippen LogP contribution in [-0.2, 0) is 12.8 Å². The molecule has 4 heteroatoms. The standard InChI is InChI=1S/C34H45NO3/c1-3-5-7-9-11-13-15-28-17-21-30(22-18-28)37-33-25-35-26-34(32(33)27-36)38-31-23-19-29(20-24-31)16-14-12-10-8-6-4-2/h17-27H,3-16H2,1-2H3. The van der Waals surface area contributed by atoms with Crippen LogP contribution in [0.4, 0.5) is 0 Å². The molecule has 0 fully saturated rings. The lowest BCUT2D eigenvalue weighted by molar-refractivity contribution is 0.111. The van der Waals surface area contributed by atoms with Crippen molar-refractivity contribution in [1.29, 1.82) is 0 Å². The van der Waals surface area contributed by atoms with Crippen LogP contribution in [0.15, 0.2) is 60.9 Å². The summed E-state index contributed by atoms with van der Waals surface area (Å²) in [6.07, 6.45) is 21.6. The minimum atomic E-state index is 0.354. The summed E-state index contributed by atoms with van der Waals surface area (Å²) < 4.78 is 12.1. The zero-order valence-corrected chi connectivity index (χ0v) is 23.4. The van der Waals surface area contributed by atoms with Crippen LogP contribution < -0.4 is 9.47 Å². The van der Waals surface area contributed by atoms with Gasteiger partial charge in [-0.05, 0) is 61.1 Å². The highest BCUT2D eigenvalue weighted by atomic mass is 16.5. The van der Waals surface area contributed by atoms with Crippen LogP contribution in [0.5, 0.6) is 23.0 Å². The average molecular weight is 516 g/mol. The number of carbonyl (C=O) groups is 1. The van der Waals surface area contributed by atoms with E-state index in [2.05, 4.69) is 43.1 Å². The highest BCUT2D eigenvalue weighted by Crippen LogP contribution is 2.32. The molecule has 0 saturated carbocycles. The third kappa shape index (κ3) is 10.3. The molecule has 204 valence electrons. The molecule has 0 atom stereocenters. The lowest BCUT2D eigenvalue weighted by Crippen LogP contribution is -1.97. The van der Waals surface area contributed by atoms with Gasteiger partial charge in [0.1, 0.15) is 17.1 Å². The molecule has 1 aromatic heterocycles. The normalized spacial score (nSPS) is 10.9. The zero-order chi connectivity index (χ0) is 26.8. The van der Waals surface area contributed by atoms with E-state index in [0.717, 1.165) is 19.1 Å². The molecule has 0 bridgehead atoms. The van der Waals surface area contributed by atoms with E-state index in [9.17, 15) is 4.79 Å². The summed E-state index contributed by atoms with van der Waals surface area (Å²) in [7, 11) is 0. The molecule has 0 aliphatic heterocycles. The molecule has 38 heavy (non-hydrogen) atoms. The number of nitrogens with zero attached hydrogens (tertiary/aromatic N) is 1. The SMILES string of the molecule is CCCCCCCCc1ccc(Oc2cncc(Oc3ccc(CCCCCCCC)cc3)c2C=O)cc1. The number of unbranched alkanes of at least 4 members (excludes halogenated alkanes) is 10. The number of aromatic nitrogens is 1. The predicted molar refractivity (Wildman–Crippen MR) is 157 cm³/mol. The third-order valence-electron chi connectivity index (χ3n) is 6.97. The fourth-order valence-electron chi connectivity index (χ4n) is 4.63. The Labute approximate surface area is 229 Å². The number of pyridine rings is 1. The molecule has 0 aliphatic rings. The number of aryl methyl sites for hydroxylation is 2. The van der Waals surface area contributed by atoms with Gasteiger partial charge in [0, 0.05) is 0 Å².